The van der Waals surface area contributed by atoms with Crippen LogP contribution < -0.4 is 0 Å². The van der Waals surface area contributed by atoms with Crippen LogP contribution in [0.15, 0.2) is 24.8 Å². The van der Waals surface area contributed by atoms with Gasteiger partial charge in [0.2, 0.25) is 0 Å². The summed E-state index contributed by atoms with van der Waals surface area (Å²) in [7, 11) is 1.02. The average Bonchev–Trinajstić information content (AvgIpc) is 2.05. The van der Waals surface area contributed by atoms with Crippen LogP contribution in [0, 0.1) is 5.92 Å². The molecule has 3 atom stereocenters. The molecule has 0 fully saturated rings. The number of hydrogen-bond donors (Lipinski definition) is 0. The van der Waals surface area contributed by atoms with Crippen molar-refractivity contribution in [3.63, 3.8) is 0 Å². The lowest BCUT2D eigenvalue weighted by atomic mass is 10.0. The molecule has 0 saturated carbocycles. The van der Waals surface area contributed by atoms with Gasteiger partial charge >= 0.3 is 0 Å². The molecule has 0 heterocycles. The molecule has 64 valence electrons. The smallest absolute Gasteiger partial charge is 0.0139 e. The zero-order valence-electron chi connectivity index (χ0n) is 7.80. The van der Waals surface area contributed by atoms with E-state index in [-0.39, 0.29) is 0 Å². The summed E-state index contributed by atoms with van der Waals surface area (Å²) in [6.45, 7) is 10.5. The molecule has 0 amide bonds. The van der Waals surface area contributed by atoms with Gasteiger partial charge in [-0.3, -0.25) is 0 Å². The Labute approximate surface area is 72.6 Å². The van der Waals surface area contributed by atoms with Crippen LogP contribution in [0.4, 0.5) is 0 Å². The van der Waals surface area contributed by atoms with Crippen LogP contribution in [-0.4, -0.2) is 12.3 Å². The van der Waals surface area contributed by atoms with Gasteiger partial charge in [-0.15, -0.1) is 15.2 Å². The molecule has 0 bridgehead atoms. The summed E-state index contributed by atoms with van der Waals surface area (Å²) in [5, 5.41) is 0. The van der Waals surface area contributed by atoms with Gasteiger partial charge in [0.1, 0.15) is 0 Å². The first-order valence-corrected chi connectivity index (χ1v) is 5.75. The van der Waals surface area contributed by atoms with E-state index < -0.39 is 0 Å². The summed E-state index contributed by atoms with van der Waals surface area (Å²) in [6, 6.07) is 0. The van der Waals surface area contributed by atoms with Crippen LogP contribution in [-0.2, 0) is 0 Å². The van der Waals surface area contributed by atoms with Gasteiger partial charge in [-0.25, -0.2) is 0 Å². The maximum atomic E-state index is 3.85. The van der Waals surface area contributed by atoms with Crippen LogP contribution in [0.3, 0.4) is 0 Å². The molecule has 0 N–H and O–H groups in total. The maximum Gasteiger partial charge on any atom is -0.0139 e. The minimum atomic E-state index is 0.675. The maximum absolute atomic E-state index is 3.85. The summed E-state index contributed by atoms with van der Waals surface area (Å²) in [5.74, 6) is 0.675. The summed E-state index contributed by atoms with van der Waals surface area (Å²) in [5.41, 5.74) is 0.795. The van der Waals surface area contributed by atoms with E-state index in [0.29, 0.717) is 5.92 Å². The Morgan fingerprint density at radius 2 is 2.18 bits per heavy atom. The fourth-order valence-electron chi connectivity index (χ4n) is 1.01. The van der Waals surface area contributed by atoms with Crippen molar-refractivity contribution in [2.45, 2.75) is 25.9 Å². The van der Waals surface area contributed by atoms with E-state index in [9.17, 15) is 0 Å². The second-order valence-corrected chi connectivity index (χ2v) is 4.27. The highest BCUT2D eigenvalue weighted by molar-refractivity contribution is 7.37. The predicted molar refractivity (Wildman–Crippen MR) is 56.8 cm³/mol. The van der Waals surface area contributed by atoms with Crippen molar-refractivity contribution in [3.05, 3.63) is 24.8 Å². The third-order valence-electron chi connectivity index (χ3n) is 2.04. The summed E-state index contributed by atoms with van der Waals surface area (Å²) < 4.78 is 0. The first kappa shape index (κ1) is 10.9. The van der Waals surface area contributed by atoms with Gasteiger partial charge in [0.05, 0.1) is 0 Å². The predicted octanol–water partition coefficient (Wildman–Crippen LogP) is 3.45. The average molecular weight is 170 g/mol. The highest BCUT2D eigenvalue weighted by Crippen LogP contribution is 2.25. The van der Waals surface area contributed by atoms with Gasteiger partial charge in [-0.2, -0.15) is 0 Å². The minimum absolute atomic E-state index is 0.675. The van der Waals surface area contributed by atoms with Crippen LogP contribution in [0.2, 0.25) is 0 Å². The van der Waals surface area contributed by atoms with Gasteiger partial charge in [0.25, 0.3) is 0 Å². The molecule has 3 unspecified atom stereocenters. The molecule has 0 aliphatic heterocycles. The highest BCUT2D eigenvalue weighted by atomic mass is 31.1. The van der Waals surface area contributed by atoms with E-state index >= 15 is 0 Å². The number of allylic oxidation sites excluding steroid dienone is 3. The van der Waals surface area contributed by atoms with E-state index in [1.807, 2.05) is 0 Å². The highest BCUT2D eigenvalue weighted by Gasteiger charge is 2.09. The normalized spacial score (nSPS) is 17.7. The molecule has 11 heavy (non-hydrogen) atoms. The Morgan fingerprint density at radius 1 is 1.55 bits per heavy atom. The standard InChI is InChI=1S/C10H19P/c1-5-7-8-10(6-2)9(3)11-4/h5-7,9-11H,2,8H2,1,3-4H3/b7-5-. The number of hydrogen-bond acceptors (Lipinski definition) is 0. The lowest BCUT2D eigenvalue weighted by molar-refractivity contribution is 0.652. The van der Waals surface area contributed by atoms with Gasteiger partial charge in [-0.1, -0.05) is 25.2 Å². The molecule has 0 rings (SSSR count). The SMILES string of the molecule is C=CC(C/C=C\C)C(C)PC. The largest absolute Gasteiger partial charge is 0.122 e. The first-order chi connectivity index (χ1) is 5.26. The van der Waals surface area contributed by atoms with Crippen molar-refractivity contribution in [1.82, 2.24) is 0 Å². The Bertz CT molecular complexity index is 127. The second-order valence-electron chi connectivity index (χ2n) is 2.78. The zero-order chi connectivity index (χ0) is 8.69. The Kier molecular flexibility index (Phi) is 6.56. The molecule has 0 aromatic carbocycles. The Balaban J connectivity index is 3.83. The Morgan fingerprint density at radius 3 is 2.55 bits per heavy atom. The first-order valence-electron chi connectivity index (χ1n) is 4.17. The van der Waals surface area contributed by atoms with Crippen molar-refractivity contribution in [2.75, 3.05) is 6.66 Å². The van der Waals surface area contributed by atoms with Gasteiger partial charge in [0.15, 0.2) is 0 Å². The molecule has 1 heteroatoms. The van der Waals surface area contributed by atoms with Gasteiger partial charge in [-0.05, 0) is 31.6 Å². The topological polar surface area (TPSA) is 0 Å². The molecule has 0 aromatic rings. The van der Waals surface area contributed by atoms with Crippen molar-refractivity contribution in [3.8, 4) is 0 Å². The summed E-state index contributed by atoms with van der Waals surface area (Å²) in [4.78, 5) is 0. The molecule has 0 radical (unpaired) electrons. The third-order valence-corrected chi connectivity index (χ3v) is 3.38. The molecular weight excluding hydrogens is 151 g/mol. The van der Waals surface area contributed by atoms with Crippen molar-refractivity contribution >= 4 is 8.58 Å². The van der Waals surface area contributed by atoms with E-state index in [1.165, 1.54) is 0 Å². The van der Waals surface area contributed by atoms with E-state index in [1.54, 1.807) is 0 Å². The molecule has 0 aromatic heterocycles. The van der Waals surface area contributed by atoms with Gasteiger partial charge < -0.3 is 0 Å². The van der Waals surface area contributed by atoms with Crippen LogP contribution in [0.5, 0.6) is 0 Å². The van der Waals surface area contributed by atoms with E-state index in [0.717, 1.165) is 20.7 Å². The molecule has 0 nitrogen and oxygen atoms in total. The fraction of sp³-hybridized carbons (Fsp3) is 0.600. The third kappa shape index (κ3) is 4.37. The van der Waals surface area contributed by atoms with Crippen molar-refractivity contribution in [2.24, 2.45) is 5.92 Å². The van der Waals surface area contributed by atoms with Crippen LogP contribution in [0.1, 0.15) is 20.3 Å². The van der Waals surface area contributed by atoms with Crippen LogP contribution >= 0.6 is 8.58 Å². The lowest BCUT2D eigenvalue weighted by Crippen LogP contribution is -2.08. The van der Waals surface area contributed by atoms with Crippen LogP contribution in [0.25, 0.3) is 0 Å². The molecule has 0 aliphatic carbocycles. The summed E-state index contributed by atoms with van der Waals surface area (Å²) in [6.07, 6.45) is 7.58. The van der Waals surface area contributed by atoms with E-state index in [4.69, 9.17) is 0 Å². The minimum Gasteiger partial charge on any atom is -0.122 e. The Hall–Kier alpha value is -0.0900. The lowest BCUT2D eigenvalue weighted by Gasteiger charge is -2.16. The number of rotatable bonds is 5. The van der Waals surface area contributed by atoms with Crippen molar-refractivity contribution < 1.29 is 0 Å². The van der Waals surface area contributed by atoms with E-state index in [2.05, 4.69) is 45.3 Å². The molecule has 0 aliphatic rings. The molecule has 0 saturated heterocycles. The van der Waals surface area contributed by atoms with Crippen molar-refractivity contribution in [1.29, 1.82) is 0 Å². The molecule has 0 spiro atoms. The molecular formula is C10H19P. The quantitative estimate of drug-likeness (QED) is 0.438. The fourth-order valence-corrected chi connectivity index (χ4v) is 1.71. The van der Waals surface area contributed by atoms with Gasteiger partial charge in [0, 0.05) is 0 Å². The second kappa shape index (κ2) is 6.61. The zero-order valence-corrected chi connectivity index (χ0v) is 8.80. The monoisotopic (exact) mass is 170 g/mol. The summed E-state index contributed by atoms with van der Waals surface area (Å²) >= 11 is 0.